The van der Waals surface area contributed by atoms with E-state index in [1.54, 1.807) is 0 Å². The molecule has 0 amide bonds. The molecule has 4 aromatic rings. The molecule has 24 heavy (non-hydrogen) atoms. The van der Waals surface area contributed by atoms with Gasteiger partial charge in [0.2, 0.25) is 0 Å². The van der Waals surface area contributed by atoms with Crippen molar-refractivity contribution in [1.82, 2.24) is 0 Å². The summed E-state index contributed by atoms with van der Waals surface area (Å²) < 4.78 is 0.827. The lowest BCUT2D eigenvalue weighted by Crippen LogP contribution is -1.92. The minimum absolute atomic E-state index is 0.232. The van der Waals surface area contributed by atoms with Crippen LogP contribution in [0.3, 0.4) is 0 Å². The number of hydrogen-bond donors (Lipinski definition) is 1. The second-order valence-corrected chi connectivity index (χ2v) is 6.40. The average Bonchev–Trinajstić information content (AvgIpc) is 3.13. The van der Waals surface area contributed by atoms with Gasteiger partial charge in [-0.3, -0.25) is 0 Å². The number of benzene rings is 3. The lowest BCUT2D eigenvalue weighted by atomic mass is 9.89. The Bertz CT molecular complexity index is 1060. The van der Waals surface area contributed by atoms with Crippen molar-refractivity contribution in [3.63, 3.8) is 0 Å². The average molecular weight is 327 g/mol. The highest BCUT2D eigenvalue weighted by Gasteiger charge is 2.22. The Balaban J connectivity index is 2.21. The number of hydrogen-bond acceptors (Lipinski definition) is 3. The highest BCUT2D eigenvalue weighted by molar-refractivity contribution is 7.17. The SMILES string of the molecule is N#Cc1c(-c2ccccc2)c(-c2ccccc2)c(O)c2ccsc12. The monoisotopic (exact) mass is 327 g/mol. The summed E-state index contributed by atoms with van der Waals surface area (Å²) in [6.07, 6.45) is 0. The number of nitrogens with zero attached hydrogens (tertiary/aromatic N) is 1. The second kappa shape index (κ2) is 5.84. The number of fused-ring (bicyclic) bond motifs is 1. The predicted molar refractivity (Wildman–Crippen MR) is 99.1 cm³/mol. The summed E-state index contributed by atoms with van der Waals surface area (Å²) in [5.74, 6) is 0.232. The van der Waals surface area contributed by atoms with Gasteiger partial charge in [0, 0.05) is 16.5 Å². The molecule has 0 saturated carbocycles. The second-order valence-electron chi connectivity index (χ2n) is 5.48. The smallest absolute Gasteiger partial charge is 0.132 e. The molecule has 0 aliphatic rings. The predicted octanol–water partition coefficient (Wildman–Crippen LogP) is 5.81. The minimum Gasteiger partial charge on any atom is -0.507 e. The molecule has 0 fully saturated rings. The first kappa shape index (κ1) is 14.5. The molecule has 3 aromatic carbocycles. The standard InChI is InChI=1S/C21H13NOS/c22-13-17-18(14-7-3-1-4-8-14)19(15-9-5-2-6-10-15)20(23)16-11-12-24-21(16)17/h1-12,23H. The van der Waals surface area contributed by atoms with Crippen LogP contribution in [0.25, 0.3) is 32.3 Å². The molecule has 4 rings (SSSR count). The third-order valence-electron chi connectivity index (χ3n) is 4.12. The first-order chi connectivity index (χ1) is 11.8. The van der Waals surface area contributed by atoms with E-state index in [1.807, 2.05) is 72.1 Å². The maximum atomic E-state index is 11.0. The van der Waals surface area contributed by atoms with Gasteiger partial charge in [-0.2, -0.15) is 5.26 Å². The Kier molecular flexibility index (Phi) is 3.53. The van der Waals surface area contributed by atoms with Gasteiger partial charge < -0.3 is 5.11 Å². The van der Waals surface area contributed by atoms with Gasteiger partial charge in [0.1, 0.15) is 11.8 Å². The molecule has 0 aliphatic heterocycles. The zero-order valence-electron chi connectivity index (χ0n) is 12.7. The van der Waals surface area contributed by atoms with E-state index in [0.29, 0.717) is 11.1 Å². The maximum Gasteiger partial charge on any atom is 0.132 e. The molecule has 2 nitrogen and oxygen atoms in total. The van der Waals surface area contributed by atoms with E-state index in [0.717, 1.165) is 26.8 Å². The molecule has 0 spiro atoms. The van der Waals surface area contributed by atoms with Crippen molar-refractivity contribution in [2.75, 3.05) is 0 Å². The van der Waals surface area contributed by atoms with Crippen molar-refractivity contribution in [3.8, 4) is 34.1 Å². The van der Waals surface area contributed by atoms with E-state index in [9.17, 15) is 10.4 Å². The summed E-state index contributed by atoms with van der Waals surface area (Å²) in [6, 6.07) is 23.8. The first-order valence-electron chi connectivity index (χ1n) is 7.58. The number of aromatic hydroxyl groups is 1. The van der Waals surface area contributed by atoms with Gasteiger partial charge in [-0.25, -0.2) is 0 Å². The van der Waals surface area contributed by atoms with E-state index >= 15 is 0 Å². The van der Waals surface area contributed by atoms with Gasteiger partial charge in [-0.05, 0) is 22.6 Å². The van der Waals surface area contributed by atoms with Crippen LogP contribution in [0.15, 0.2) is 72.1 Å². The van der Waals surface area contributed by atoms with Crippen molar-refractivity contribution in [2.24, 2.45) is 0 Å². The highest BCUT2D eigenvalue weighted by atomic mass is 32.1. The molecule has 3 heteroatoms. The molecule has 0 radical (unpaired) electrons. The van der Waals surface area contributed by atoms with Gasteiger partial charge >= 0.3 is 0 Å². The van der Waals surface area contributed by atoms with E-state index in [4.69, 9.17) is 0 Å². The normalized spacial score (nSPS) is 10.6. The van der Waals surface area contributed by atoms with Gasteiger partial charge in [-0.1, -0.05) is 60.7 Å². The Labute approximate surface area is 143 Å². The minimum atomic E-state index is 0.232. The van der Waals surface area contributed by atoms with Crippen LogP contribution in [-0.4, -0.2) is 5.11 Å². The van der Waals surface area contributed by atoms with Gasteiger partial charge in [0.15, 0.2) is 0 Å². The third kappa shape index (κ3) is 2.17. The van der Waals surface area contributed by atoms with Crippen LogP contribution < -0.4 is 0 Å². The lowest BCUT2D eigenvalue weighted by Gasteiger charge is -2.15. The van der Waals surface area contributed by atoms with Gasteiger partial charge in [0.05, 0.1) is 10.3 Å². The quantitative estimate of drug-likeness (QED) is 0.504. The fourth-order valence-electron chi connectivity index (χ4n) is 3.07. The van der Waals surface area contributed by atoms with Gasteiger partial charge in [0.25, 0.3) is 0 Å². The van der Waals surface area contributed by atoms with E-state index < -0.39 is 0 Å². The summed E-state index contributed by atoms with van der Waals surface area (Å²) in [7, 11) is 0. The fourth-order valence-corrected chi connectivity index (χ4v) is 3.96. The van der Waals surface area contributed by atoms with E-state index in [-0.39, 0.29) is 5.75 Å². The van der Waals surface area contributed by atoms with Crippen LogP contribution in [0.1, 0.15) is 5.56 Å². The first-order valence-corrected chi connectivity index (χ1v) is 8.46. The van der Waals surface area contributed by atoms with Crippen LogP contribution in [0.2, 0.25) is 0 Å². The number of thiophene rings is 1. The van der Waals surface area contributed by atoms with Crippen LogP contribution in [-0.2, 0) is 0 Å². The Morgan fingerprint density at radius 3 is 1.96 bits per heavy atom. The van der Waals surface area contributed by atoms with Crippen molar-refractivity contribution < 1.29 is 5.11 Å². The van der Waals surface area contributed by atoms with Crippen molar-refractivity contribution >= 4 is 21.4 Å². The summed E-state index contributed by atoms with van der Waals surface area (Å²) in [6.45, 7) is 0. The molecule has 1 aromatic heterocycles. The van der Waals surface area contributed by atoms with E-state index in [1.165, 1.54) is 11.3 Å². The molecule has 1 heterocycles. The summed E-state index contributed by atoms with van der Waals surface area (Å²) >= 11 is 1.48. The fraction of sp³-hybridized carbons (Fsp3) is 0. The number of nitriles is 1. The van der Waals surface area contributed by atoms with Crippen LogP contribution in [0.4, 0.5) is 0 Å². The zero-order valence-corrected chi connectivity index (χ0v) is 13.5. The molecule has 0 bridgehead atoms. The molecule has 0 atom stereocenters. The molecule has 0 unspecified atom stereocenters. The van der Waals surface area contributed by atoms with E-state index in [2.05, 4.69) is 6.07 Å². The summed E-state index contributed by atoms with van der Waals surface area (Å²) in [5.41, 5.74) is 3.95. The number of phenolic OH excluding ortho intramolecular Hbond substituents is 1. The van der Waals surface area contributed by atoms with Crippen LogP contribution >= 0.6 is 11.3 Å². The molecule has 1 N–H and O–H groups in total. The van der Waals surface area contributed by atoms with Crippen molar-refractivity contribution in [1.29, 1.82) is 5.26 Å². The molecule has 0 aliphatic carbocycles. The Morgan fingerprint density at radius 2 is 1.38 bits per heavy atom. The molecular formula is C21H13NOS. The lowest BCUT2D eigenvalue weighted by molar-refractivity contribution is 0.484. The number of phenols is 1. The maximum absolute atomic E-state index is 11.0. The summed E-state index contributed by atoms with van der Waals surface area (Å²) in [4.78, 5) is 0. The highest BCUT2D eigenvalue weighted by Crippen LogP contribution is 2.47. The largest absolute Gasteiger partial charge is 0.507 e. The van der Waals surface area contributed by atoms with Gasteiger partial charge in [-0.15, -0.1) is 11.3 Å². The molecule has 0 saturated heterocycles. The van der Waals surface area contributed by atoms with Crippen molar-refractivity contribution in [3.05, 3.63) is 77.7 Å². The Hall–Kier alpha value is -3.09. The number of rotatable bonds is 2. The molecule has 114 valence electrons. The zero-order chi connectivity index (χ0) is 16.5. The molecular weight excluding hydrogens is 314 g/mol. The van der Waals surface area contributed by atoms with Crippen LogP contribution in [0.5, 0.6) is 5.75 Å². The summed E-state index contributed by atoms with van der Waals surface area (Å²) in [5, 5.41) is 23.4. The van der Waals surface area contributed by atoms with Crippen molar-refractivity contribution in [2.45, 2.75) is 0 Å². The Morgan fingerprint density at radius 1 is 0.792 bits per heavy atom. The third-order valence-corrected chi connectivity index (χ3v) is 5.05. The topological polar surface area (TPSA) is 44.0 Å². The van der Waals surface area contributed by atoms with Crippen LogP contribution in [0, 0.1) is 11.3 Å².